The second-order valence-corrected chi connectivity index (χ2v) is 9.26. The van der Waals surface area contributed by atoms with Gasteiger partial charge in [-0.1, -0.05) is 0 Å². The van der Waals surface area contributed by atoms with Gasteiger partial charge in [-0.05, 0) is 49.3 Å². The van der Waals surface area contributed by atoms with E-state index in [1.165, 1.54) is 12.3 Å². The van der Waals surface area contributed by atoms with E-state index in [-0.39, 0.29) is 28.9 Å². The normalized spacial score (nSPS) is 18.6. The average molecular weight is 501 g/mol. The molecule has 3 aromatic rings. The van der Waals surface area contributed by atoms with Gasteiger partial charge in [-0.3, -0.25) is 4.79 Å². The van der Waals surface area contributed by atoms with Gasteiger partial charge < -0.3 is 20.4 Å². The molecule has 11 heteroatoms. The van der Waals surface area contributed by atoms with Gasteiger partial charge in [0.1, 0.15) is 17.2 Å². The average Bonchev–Trinajstić information content (AvgIpc) is 3.20. The number of benzene rings is 1. The molecule has 3 N–H and O–H groups in total. The van der Waals surface area contributed by atoms with E-state index in [2.05, 4.69) is 20.8 Å². The molecule has 1 aromatic carbocycles. The highest BCUT2D eigenvalue weighted by Crippen LogP contribution is 2.40. The molecule has 1 atom stereocenters. The number of fused-ring (bicyclic) bond motifs is 3. The largest absolute Gasteiger partial charge is 0.573 e. The third-order valence-electron chi connectivity index (χ3n) is 7.06. The van der Waals surface area contributed by atoms with Crippen LogP contribution in [0.5, 0.6) is 5.75 Å². The van der Waals surface area contributed by atoms with Crippen molar-refractivity contribution in [3.8, 4) is 11.8 Å². The Hall–Kier alpha value is -3.81. The molecule has 36 heavy (non-hydrogen) atoms. The summed E-state index contributed by atoms with van der Waals surface area (Å²) in [6.07, 6.45) is -0.641. The Kier molecular flexibility index (Phi) is 5.98. The Balaban J connectivity index is 1.34. The summed E-state index contributed by atoms with van der Waals surface area (Å²) < 4.78 is 56.3. The van der Waals surface area contributed by atoms with Gasteiger partial charge >= 0.3 is 6.36 Å². The minimum Gasteiger partial charge on any atom is -0.406 e. The Bertz CT molecular complexity index is 1370. The van der Waals surface area contributed by atoms with Crippen molar-refractivity contribution in [2.75, 3.05) is 18.8 Å². The lowest BCUT2D eigenvalue weighted by Gasteiger charge is -2.33. The lowest BCUT2D eigenvalue weighted by molar-refractivity contribution is -0.274. The quantitative estimate of drug-likeness (QED) is 0.395. The summed E-state index contributed by atoms with van der Waals surface area (Å²) in [5, 5.41) is 10.1. The van der Waals surface area contributed by atoms with Crippen LogP contribution in [-0.4, -0.2) is 40.2 Å². The molecular weight excluding hydrogens is 478 g/mol. The zero-order valence-corrected chi connectivity index (χ0v) is 19.2. The van der Waals surface area contributed by atoms with Crippen molar-refractivity contribution in [3.05, 3.63) is 52.6 Å². The van der Waals surface area contributed by atoms with Crippen molar-refractivity contribution in [1.82, 2.24) is 14.9 Å². The van der Waals surface area contributed by atoms with E-state index in [4.69, 9.17) is 5.73 Å². The molecule has 1 aliphatic heterocycles. The first-order valence-electron chi connectivity index (χ1n) is 11.7. The molecule has 0 bridgehead atoms. The molecule has 2 aliphatic rings. The van der Waals surface area contributed by atoms with Crippen LogP contribution in [0.15, 0.2) is 24.4 Å². The van der Waals surface area contributed by atoms with Crippen LogP contribution >= 0.6 is 0 Å². The summed E-state index contributed by atoms with van der Waals surface area (Å²) in [6.45, 7) is 0.687. The van der Waals surface area contributed by atoms with Crippen molar-refractivity contribution in [2.24, 2.45) is 5.92 Å². The fourth-order valence-corrected chi connectivity index (χ4v) is 5.37. The number of H-pyrrole nitrogens is 1. The monoisotopic (exact) mass is 501 g/mol. The maximum Gasteiger partial charge on any atom is 0.573 e. The van der Waals surface area contributed by atoms with Crippen LogP contribution in [0.2, 0.25) is 0 Å². The third kappa shape index (κ3) is 4.43. The maximum atomic E-state index is 15.1. The maximum absolute atomic E-state index is 15.1. The van der Waals surface area contributed by atoms with Gasteiger partial charge in [-0.25, -0.2) is 9.37 Å². The van der Waals surface area contributed by atoms with Gasteiger partial charge in [0.15, 0.2) is 0 Å². The number of ether oxygens (including phenoxy) is 1. The molecular formula is C25H23F4N5O2. The number of nitrogens with one attached hydrogen (secondary N) is 1. The highest BCUT2D eigenvalue weighted by atomic mass is 19.4. The van der Waals surface area contributed by atoms with Crippen LogP contribution < -0.4 is 10.5 Å². The van der Waals surface area contributed by atoms with Gasteiger partial charge in [0, 0.05) is 47.9 Å². The number of aryl methyl sites for hydroxylation is 1. The Labute approximate surface area is 203 Å². The first kappa shape index (κ1) is 23.9. The van der Waals surface area contributed by atoms with Gasteiger partial charge in [0.25, 0.3) is 5.91 Å². The fraction of sp³-hybridized carbons (Fsp3) is 0.400. The molecule has 0 saturated carbocycles. The van der Waals surface area contributed by atoms with Crippen LogP contribution in [0.3, 0.4) is 0 Å². The second-order valence-electron chi connectivity index (χ2n) is 9.26. The SMILES string of the molecule is N#C[C@@H]1CCc2c([nH]c3ncc(F)c(C4CCN(C(=O)c5ccc(OC(F)(F)F)cc5N)CC4)c23)C1. The van der Waals surface area contributed by atoms with E-state index in [1.807, 2.05) is 0 Å². The minimum atomic E-state index is -4.86. The predicted molar refractivity (Wildman–Crippen MR) is 123 cm³/mol. The van der Waals surface area contributed by atoms with E-state index < -0.39 is 18.0 Å². The predicted octanol–water partition coefficient (Wildman–Crippen LogP) is 4.83. The molecule has 2 aromatic heterocycles. The molecule has 1 aliphatic carbocycles. The molecule has 0 radical (unpaired) electrons. The van der Waals surface area contributed by atoms with Crippen LogP contribution in [0, 0.1) is 23.1 Å². The molecule has 188 valence electrons. The van der Waals surface area contributed by atoms with Crippen molar-refractivity contribution in [3.63, 3.8) is 0 Å². The number of hydrogen-bond donors (Lipinski definition) is 2. The number of amides is 1. The first-order valence-corrected chi connectivity index (χ1v) is 11.7. The smallest absolute Gasteiger partial charge is 0.406 e. The van der Waals surface area contributed by atoms with E-state index in [1.54, 1.807) is 4.90 Å². The number of aromatic nitrogens is 2. The zero-order valence-electron chi connectivity index (χ0n) is 19.2. The van der Waals surface area contributed by atoms with Crippen molar-refractivity contribution < 1.29 is 27.1 Å². The number of nitrogen functional groups attached to an aromatic ring is 1. The second kappa shape index (κ2) is 9.00. The summed E-state index contributed by atoms with van der Waals surface area (Å²) in [7, 11) is 0. The van der Waals surface area contributed by atoms with E-state index in [0.717, 1.165) is 28.8 Å². The standard InChI is InChI=1S/C25H23F4N5O2/c26-18-12-32-23-22(17-3-1-13(11-30)9-20(17)33-23)21(18)14-5-7-34(8-6-14)24(35)16-4-2-15(10-19(16)31)36-25(27,28)29/h2,4,10,12-14H,1,3,5-9,31H2,(H,32,33)/t13-/m1/s1. The fourth-order valence-electron chi connectivity index (χ4n) is 5.37. The molecule has 0 spiro atoms. The highest BCUT2D eigenvalue weighted by Gasteiger charge is 2.33. The van der Waals surface area contributed by atoms with Crippen LogP contribution in [0.25, 0.3) is 11.0 Å². The molecule has 1 fully saturated rings. The summed E-state index contributed by atoms with van der Waals surface area (Å²) >= 11 is 0. The van der Waals surface area contributed by atoms with Gasteiger partial charge in [0.05, 0.1) is 23.7 Å². The van der Waals surface area contributed by atoms with E-state index in [9.17, 15) is 23.2 Å². The number of alkyl halides is 3. The number of carbonyl (C=O) groups is 1. The number of hydrogen-bond acceptors (Lipinski definition) is 5. The molecule has 1 saturated heterocycles. The Morgan fingerprint density at radius 2 is 2.00 bits per heavy atom. The summed E-state index contributed by atoms with van der Waals surface area (Å²) in [5.74, 6) is -1.49. The lowest BCUT2D eigenvalue weighted by Crippen LogP contribution is -2.38. The van der Waals surface area contributed by atoms with Crippen molar-refractivity contribution >= 4 is 22.6 Å². The van der Waals surface area contributed by atoms with Crippen LogP contribution in [0.4, 0.5) is 23.2 Å². The highest BCUT2D eigenvalue weighted by molar-refractivity contribution is 5.99. The Morgan fingerprint density at radius 3 is 2.67 bits per heavy atom. The van der Waals surface area contributed by atoms with Crippen LogP contribution in [0.1, 0.15) is 52.4 Å². The van der Waals surface area contributed by atoms with Gasteiger partial charge in [0.2, 0.25) is 0 Å². The van der Waals surface area contributed by atoms with Gasteiger partial charge in [-0.2, -0.15) is 5.26 Å². The number of pyridine rings is 1. The lowest BCUT2D eigenvalue weighted by atomic mass is 9.83. The number of nitrogens with zero attached hydrogens (tertiary/aromatic N) is 3. The number of anilines is 1. The third-order valence-corrected chi connectivity index (χ3v) is 7.06. The molecule has 5 rings (SSSR count). The number of nitriles is 1. The number of halogens is 4. The topological polar surface area (TPSA) is 108 Å². The number of rotatable bonds is 3. The summed E-state index contributed by atoms with van der Waals surface area (Å²) in [5.41, 5.74) is 8.98. The number of piperidine rings is 1. The zero-order chi connectivity index (χ0) is 25.6. The van der Waals surface area contributed by atoms with Crippen molar-refractivity contribution in [2.45, 2.75) is 44.4 Å². The van der Waals surface area contributed by atoms with Crippen LogP contribution in [-0.2, 0) is 12.8 Å². The summed E-state index contributed by atoms with van der Waals surface area (Å²) in [6, 6.07) is 5.56. The molecule has 7 nitrogen and oxygen atoms in total. The summed E-state index contributed by atoms with van der Waals surface area (Å²) in [4.78, 5) is 22.1. The van der Waals surface area contributed by atoms with Crippen molar-refractivity contribution in [1.29, 1.82) is 5.26 Å². The number of nitrogens with two attached hydrogens (primary N) is 1. The first-order chi connectivity index (χ1) is 17.1. The minimum absolute atomic E-state index is 0.0744. The molecule has 3 heterocycles. The number of likely N-dealkylation sites (tertiary alicyclic amines) is 1. The number of aromatic amines is 1. The van der Waals surface area contributed by atoms with E-state index >= 15 is 4.39 Å². The number of carbonyl (C=O) groups excluding carboxylic acids is 1. The molecule has 0 unspecified atom stereocenters. The van der Waals surface area contributed by atoms with E-state index in [0.29, 0.717) is 56.4 Å². The van der Waals surface area contributed by atoms with Gasteiger partial charge in [-0.15, -0.1) is 13.2 Å². The Morgan fingerprint density at radius 1 is 1.25 bits per heavy atom. The molecule has 1 amide bonds.